The summed E-state index contributed by atoms with van der Waals surface area (Å²) in [5.74, 6) is -1.18. The third-order valence-electron chi connectivity index (χ3n) is 4.37. The molecule has 5 heteroatoms. The number of fused-ring (bicyclic) bond motifs is 3. The molecule has 1 aromatic heterocycles. The minimum Gasteiger partial charge on any atom is -0.477 e. The predicted octanol–water partition coefficient (Wildman–Crippen LogP) is 2.68. The molecule has 0 amide bonds. The molecule has 5 nitrogen and oxygen atoms in total. The molecule has 1 aromatic carbocycles. The Labute approximate surface area is 134 Å². The van der Waals surface area contributed by atoms with Gasteiger partial charge in [0.15, 0.2) is 0 Å². The predicted molar refractivity (Wildman–Crippen MR) is 90.4 cm³/mol. The average molecular weight is 312 g/mol. The van der Waals surface area contributed by atoms with Crippen LogP contribution in [0, 0.1) is 0 Å². The van der Waals surface area contributed by atoms with Crippen molar-refractivity contribution in [3.05, 3.63) is 51.3 Å². The van der Waals surface area contributed by atoms with Crippen molar-refractivity contribution >= 4 is 11.7 Å². The number of aromatic amines is 1. The quantitative estimate of drug-likeness (QED) is 0.894. The van der Waals surface area contributed by atoms with Gasteiger partial charge in [-0.05, 0) is 55.0 Å². The molecular weight excluding hydrogens is 292 g/mol. The Kier molecular flexibility index (Phi) is 3.94. The summed E-state index contributed by atoms with van der Waals surface area (Å²) in [4.78, 5) is 28.1. The minimum absolute atomic E-state index is 0.184. The molecule has 0 unspecified atom stereocenters. The normalized spacial score (nSPS) is 13.5. The molecule has 1 aliphatic rings. The Morgan fingerprint density at radius 2 is 1.83 bits per heavy atom. The number of aromatic nitrogens is 1. The minimum atomic E-state index is -1.18. The largest absolute Gasteiger partial charge is 0.477 e. The van der Waals surface area contributed by atoms with Gasteiger partial charge in [-0.15, -0.1) is 0 Å². The molecule has 0 radical (unpaired) electrons. The summed E-state index contributed by atoms with van der Waals surface area (Å²) in [6.07, 6.45) is 3.76. The number of pyridine rings is 1. The van der Waals surface area contributed by atoms with Gasteiger partial charge < -0.3 is 15.0 Å². The summed E-state index contributed by atoms with van der Waals surface area (Å²) in [5, 5.41) is 9.16. The summed E-state index contributed by atoms with van der Waals surface area (Å²) >= 11 is 0. The van der Waals surface area contributed by atoms with E-state index in [1.165, 1.54) is 11.6 Å². The number of hydrogen-bond donors (Lipinski definition) is 2. The number of carboxylic acid groups (broad SMARTS) is 1. The van der Waals surface area contributed by atoms with Gasteiger partial charge in [0.2, 0.25) is 0 Å². The van der Waals surface area contributed by atoms with Gasteiger partial charge >= 0.3 is 5.97 Å². The first-order valence-corrected chi connectivity index (χ1v) is 7.77. The van der Waals surface area contributed by atoms with Gasteiger partial charge in [-0.2, -0.15) is 0 Å². The van der Waals surface area contributed by atoms with Crippen molar-refractivity contribution in [2.45, 2.75) is 25.7 Å². The van der Waals surface area contributed by atoms with Crippen molar-refractivity contribution in [2.75, 3.05) is 19.0 Å². The molecule has 2 aromatic rings. The van der Waals surface area contributed by atoms with Crippen molar-refractivity contribution in [3.8, 4) is 11.3 Å². The highest BCUT2D eigenvalue weighted by atomic mass is 16.4. The number of nitrogens with zero attached hydrogens (tertiary/aromatic N) is 1. The highest BCUT2D eigenvalue weighted by Gasteiger charge is 2.19. The number of H-pyrrole nitrogens is 1. The van der Waals surface area contributed by atoms with Gasteiger partial charge in [0.05, 0.1) is 5.69 Å². The van der Waals surface area contributed by atoms with E-state index >= 15 is 0 Å². The van der Waals surface area contributed by atoms with Crippen LogP contribution in [0.5, 0.6) is 0 Å². The molecule has 0 bridgehead atoms. The standard InChI is InChI=1S/C18H20N2O3/c1-20(2)13-7-8-14-11(9-13)5-3-4-6-12-10-15(18(22)23)17(21)19-16(12)14/h7-10H,3-6H2,1-2H3,(H,19,21)(H,22,23). The van der Waals surface area contributed by atoms with E-state index in [1.807, 2.05) is 26.2 Å². The number of benzene rings is 1. The van der Waals surface area contributed by atoms with E-state index in [0.29, 0.717) is 0 Å². The third-order valence-corrected chi connectivity index (χ3v) is 4.37. The highest BCUT2D eigenvalue weighted by Crippen LogP contribution is 2.32. The molecule has 0 saturated heterocycles. The van der Waals surface area contributed by atoms with Gasteiger partial charge in [-0.25, -0.2) is 4.79 Å². The van der Waals surface area contributed by atoms with Crippen LogP contribution in [0.1, 0.15) is 34.3 Å². The topological polar surface area (TPSA) is 73.4 Å². The fraction of sp³-hybridized carbons (Fsp3) is 0.333. The number of carbonyl (C=O) groups is 1. The lowest BCUT2D eigenvalue weighted by Crippen LogP contribution is -2.20. The second kappa shape index (κ2) is 5.91. The SMILES string of the molecule is CN(C)c1ccc2c(c1)CCCCc1cc(C(=O)O)c(=O)[nH]c1-2. The summed E-state index contributed by atoms with van der Waals surface area (Å²) < 4.78 is 0. The van der Waals surface area contributed by atoms with Crippen LogP contribution in [0.3, 0.4) is 0 Å². The van der Waals surface area contributed by atoms with E-state index in [-0.39, 0.29) is 5.56 Å². The molecule has 0 spiro atoms. The molecule has 23 heavy (non-hydrogen) atoms. The van der Waals surface area contributed by atoms with Crippen LogP contribution in [0.4, 0.5) is 5.69 Å². The number of aromatic carboxylic acids is 1. The Morgan fingerprint density at radius 1 is 1.13 bits per heavy atom. The van der Waals surface area contributed by atoms with Crippen LogP contribution in [0.15, 0.2) is 29.1 Å². The van der Waals surface area contributed by atoms with Crippen LogP contribution in [0.2, 0.25) is 0 Å². The van der Waals surface area contributed by atoms with E-state index < -0.39 is 11.5 Å². The maximum Gasteiger partial charge on any atom is 0.341 e. The zero-order chi connectivity index (χ0) is 16.6. The van der Waals surface area contributed by atoms with E-state index in [2.05, 4.69) is 16.0 Å². The summed E-state index contributed by atoms with van der Waals surface area (Å²) in [6.45, 7) is 0. The third kappa shape index (κ3) is 2.86. The second-order valence-corrected chi connectivity index (χ2v) is 6.16. The maximum absolute atomic E-state index is 12.1. The molecule has 0 saturated carbocycles. The lowest BCUT2D eigenvalue weighted by molar-refractivity contribution is 0.0695. The van der Waals surface area contributed by atoms with Crippen LogP contribution in [-0.4, -0.2) is 30.2 Å². The van der Waals surface area contributed by atoms with Gasteiger partial charge in [0.1, 0.15) is 5.56 Å². The van der Waals surface area contributed by atoms with Crippen LogP contribution in [0.25, 0.3) is 11.3 Å². The highest BCUT2D eigenvalue weighted by molar-refractivity contribution is 5.88. The first-order valence-electron chi connectivity index (χ1n) is 7.77. The molecule has 1 heterocycles. The Balaban J connectivity index is 2.22. The first kappa shape index (κ1) is 15.3. The lowest BCUT2D eigenvalue weighted by Gasteiger charge is -2.20. The molecule has 0 atom stereocenters. The van der Waals surface area contributed by atoms with Crippen molar-refractivity contribution in [1.82, 2.24) is 4.98 Å². The fourth-order valence-electron chi connectivity index (χ4n) is 3.11. The zero-order valence-corrected chi connectivity index (χ0v) is 13.3. The number of carboxylic acids is 1. The molecule has 0 fully saturated rings. The molecule has 0 aliphatic heterocycles. The molecule has 1 aliphatic carbocycles. The average Bonchev–Trinajstić information content (AvgIpc) is 2.49. The van der Waals surface area contributed by atoms with Gasteiger partial charge in [0, 0.05) is 25.3 Å². The van der Waals surface area contributed by atoms with Crippen molar-refractivity contribution < 1.29 is 9.90 Å². The second-order valence-electron chi connectivity index (χ2n) is 6.16. The molecule has 2 N–H and O–H groups in total. The van der Waals surface area contributed by atoms with Crippen LogP contribution >= 0.6 is 0 Å². The van der Waals surface area contributed by atoms with Crippen LogP contribution in [-0.2, 0) is 12.8 Å². The number of nitrogens with one attached hydrogen (secondary N) is 1. The summed E-state index contributed by atoms with van der Waals surface area (Å²) in [6, 6.07) is 7.72. The summed E-state index contributed by atoms with van der Waals surface area (Å²) in [5.41, 5.74) is 4.25. The van der Waals surface area contributed by atoms with Gasteiger partial charge in [0.25, 0.3) is 5.56 Å². The van der Waals surface area contributed by atoms with E-state index in [1.54, 1.807) is 0 Å². The molecule has 120 valence electrons. The first-order chi connectivity index (χ1) is 11.0. The zero-order valence-electron chi connectivity index (χ0n) is 13.3. The van der Waals surface area contributed by atoms with E-state index in [9.17, 15) is 9.59 Å². The Bertz CT molecular complexity index is 822. The molecule has 3 rings (SSSR count). The Morgan fingerprint density at radius 3 is 2.48 bits per heavy atom. The van der Waals surface area contributed by atoms with Crippen molar-refractivity contribution in [1.29, 1.82) is 0 Å². The Hall–Kier alpha value is -2.56. The van der Waals surface area contributed by atoms with Gasteiger partial charge in [-0.3, -0.25) is 4.79 Å². The number of aryl methyl sites for hydroxylation is 2. The van der Waals surface area contributed by atoms with Crippen molar-refractivity contribution in [3.63, 3.8) is 0 Å². The van der Waals surface area contributed by atoms with Crippen LogP contribution < -0.4 is 10.5 Å². The van der Waals surface area contributed by atoms with E-state index in [4.69, 9.17) is 5.11 Å². The summed E-state index contributed by atoms with van der Waals surface area (Å²) in [7, 11) is 4.00. The maximum atomic E-state index is 12.1. The monoisotopic (exact) mass is 312 g/mol. The fourth-order valence-corrected chi connectivity index (χ4v) is 3.11. The smallest absolute Gasteiger partial charge is 0.341 e. The van der Waals surface area contributed by atoms with Crippen molar-refractivity contribution in [2.24, 2.45) is 0 Å². The number of anilines is 1. The lowest BCUT2D eigenvalue weighted by atomic mass is 9.90. The number of rotatable bonds is 2. The van der Waals surface area contributed by atoms with Gasteiger partial charge in [-0.1, -0.05) is 6.07 Å². The van der Waals surface area contributed by atoms with E-state index in [0.717, 1.165) is 48.2 Å². The number of hydrogen-bond acceptors (Lipinski definition) is 3. The molecular formula is C18H20N2O3.